The molecule has 0 aromatic heterocycles. The molecule has 1 aromatic carbocycles. The molecule has 0 bridgehead atoms. The smallest absolute Gasteiger partial charge is 0.264 e. The van der Waals surface area contributed by atoms with Gasteiger partial charge in [-0.1, -0.05) is 18.2 Å². The van der Waals surface area contributed by atoms with Crippen LogP contribution in [0.1, 0.15) is 24.8 Å². The Labute approximate surface area is 113 Å². The van der Waals surface area contributed by atoms with Crippen LogP contribution in [0.3, 0.4) is 0 Å². The molecule has 1 N–H and O–H groups in total. The average Bonchev–Trinajstić information content (AvgIpc) is 2.90. The highest BCUT2D eigenvalue weighted by Crippen LogP contribution is 2.30. The van der Waals surface area contributed by atoms with Gasteiger partial charge in [0.05, 0.1) is 12.6 Å². The quantitative estimate of drug-likeness (QED) is 0.874. The normalized spacial score (nSPS) is 25.8. The number of ether oxygens (including phenoxy) is 1. The number of aliphatic hydroxyl groups excluding tert-OH is 1. The number of piperidine rings is 1. The van der Waals surface area contributed by atoms with E-state index in [2.05, 4.69) is 0 Å². The monoisotopic (exact) mass is 261 g/mol. The topological polar surface area (TPSA) is 49.8 Å². The van der Waals surface area contributed by atoms with Crippen molar-refractivity contribution < 1.29 is 14.6 Å². The predicted molar refractivity (Wildman–Crippen MR) is 71.0 cm³/mol. The van der Waals surface area contributed by atoms with E-state index in [1.165, 1.54) is 0 Å². The van der Waals surface area contributed by atoms with Gasteiger partial charge in [-0.3, -0.25) is 4.79 Å². The summed E-state index contributed by atoms with van der Waals surface area (Å²) in [5.41, 5.74) is 1.10. The lowest BCUT2D eigenvalue weighted by Crippen LogP contribution is -2.50. The molecule has 19 heavy (non-hydrogen) atoms. The van der Waals surface area contributed by atoms with Crippen LogP contribution in [0.4, 0.5) is 0 Å². The number of carbonyl (C=O) groups is 1. The van der Waals surface area contributed by atoms with Crippen molar-refractivity contribution in [3.8, 4) is 5.75 Å². The summed E-state index contributed by atoms with van der Waals surface area (Å²) in [5.74, 6) is 0.841. The average molecular weight is 261 g/mol. The van der Waals surface area contributed by atoms with Crippen LogP contribution in [-0.2, 0) is 11.2 Å². The first-order valence-electron chi connectivity index (χ1n) is 6.95. The van der Waals surface area contributed by atoms with Gasteiger partial charge in [-0.2, -0.15) is 0 Å². The zero-order valence-electron chi connectivity index (χ0n) is 10.9. The van der Waals surface area contributed by atoms with Crippen LogP contribution in [0.25, 0.3) is 0 Å². The summed E-state index contributed by atoms with van der Waals surface area (Å²) in [7, 11) is 0. The highest BCUT2D eigenvalue weighted by Gasteiger charge is 2.35. The van der Waals surface area contributed by atoms with Crippen LogP contribution in [0.15, 0.2) is 24.3 Å². The van der Waals surface area contributed by atoms with E-state index in [9.17, 15) is 9.90 Å². The van der Waals surface area contributed by atoms with Crippen molar-refractivity contribution in [2.24, 2.45) is 0 Å². The van der Waals surface area contributed by atoms with Crippen LogP contribution in [-0.4, -0.2) is 41.2 Å². The minimum atomic E-state index is -0.412. The lowest BCUT2D eigenvalue weighted by Gasteiger charge is -2.35. The maximum absolute atomic E-state index is 12.5. The van der Waals surface area contributed by atoms with Gasteiger partial charge >= 0.3 is 0 Å². The molecule has 0 aliphatic carbocycles. The molecule has 2 heterocycles. The molecule has 2 unspecified atom stereocenters. The van der Waals surface area contributed by atoms with Gasteiger partial charge in [-0.05, 0) is 30.9 Å². The van der Waals surface area contributed by atoms with Crippen molar-refractivity contribution in [1.29, 1.82) is 0 Å². The molecule has 2 aliphatic rings. The van der Waals surface area contributed by atoms with Gasteiger partial charge in [0.25, 0.3) is 5.91 Å². The van der Waals surface area contributed by atoms with Crippen LogP contribution in [0, 0.1) is 0 Å². The molecule has 1 aromatic rings. The number of para-hydroxylation sites is 1. The molecule has 1 amide bonds. The molecule has 4 heteroatoms. The van der Waals surface area contributed by atoms with Gasteiger partial charge in [-0.25, -0.2) is 0 Å². The third kappa shape index (κ3) is 2.32. The van der Waals surface area contributed by atoms with E-state index in [1.54, 1.807) is 4.90 Å². The van der Waals surface area contributed by atoms with E-state index >= 15 is 0 Å². The fraction of sp³-hybridized carbons (Fsp3) is 0.533. The fourth-order valence-electron chi connectivity index (χ4n) is 2.99. The number of amides is 1. The zero-order chi connectivity index (χ0) is 13.2. The standard InChI is InChI=1S/C15H19NO3/c17-10-12-6-3-4-8-16(12)15(18)14-9-11-5-1-2-7-13(11)19-14/h1-2,5,7,12,14,17H,3-4,6,8-10H2. The number of fused-ring (bicyclic) bond motifs is 1. The van der Waals surface area contributed by atoms with Gasteiger partial charge in [0.1, 0.15) is 5.75 Å². The van der Waals surface area contributed by atoms with Gasteiger partial charge in [0.2, 0.25) is 0 Å². The largest absolute Gasteiger partial charge is 0.480 e. The van der Waals surface area contributed by atoms with Crippen LogP contribution >= 0.6 is 0 Å². The third-order valence-corrected chi connectivity index (χ3v) is 4.04. The fourth-order valence-corrected chi connectivity index (χ4v) is 2.99. The minimum Gasteiger partial charge on any atom is -0.480 e. The van der Waals surface area contributed by atoms with Crippen LogP contribution in [0.2, 0.25) is 0 Å². The third-order valence-electron chi connectivity index (χ3n) is 4.04. The lowest BCUT2D eigenvalue weighted by molar-refractivity contribution is -0.142. The molecule has 102 valence electrons. The van der Waals surface area contributed by atoms with Crippen LogP contribution in [0.5, 0.6) is 5.75 Å². The summed E-state index contributed by atoms with van der Waals surface area (Å²) >= 11 is 0. The Morgan fingerprint density at radius 1 is 1.37 bits per heavy atom. The molecular weight excluding hydrogens is 242 g/mol. The van der Waals surface area contributed by atoms with E-state index < -0.39 is 6.10 Å². The van der Waals surface area contributed by atoms with Gasteiger partial charge in [0.15, 0.2) is 6.10 Å². The first-order valence-corrected chi connectivity index (χ1v) is 6.95. The molecule has 3 rings (SSSR count). The molecule has 4 nitrogen and oxygen atoms in total. The summed E-state index contributed by atoms with van der Waals surface area (Å²) in [6.07, 6.45) is 3.22. The number of likely N-dealkylation sites (tertiary alicyclic amines) is 1. The van der Waals surface area contributed by atoms with E-state index in [-0.39, 0.29) is 18.6 Å². The Morgan fingerprint density at radius 3 is 3.00 bits per heavy atom. The molecular formula is C15H19NO3. The molecule has 0 radical (unpaired) electrons. The number of nitrogens with zero attached hydrogens (tertiary/aromatic N) is 1. The van der Waals surface area contributed by atoms with Crippen molar-refractivity contribution in [2.75, 3.05) is 13.2 Å². The Balaban J connectivity index is 1.72. The van der Waals surface area contributed by atoms with E-state index in [0.29, 0.717) is 6.42 Å². The number of rotatable bonds is 2. The second-order valence-corrected chi connectivity index (χ2v) is 5.28. The summed E-state index contributed by atoms with van der Waals surface area (Å²) < 4.78 is 5.74. The first kappa shape index (κ1) is 12.5. The predicted octanol–water partition coefficient (Wildman–Crippen LogP) is 1.36. The molecule has 0 spiro atoms. The number of hydrogen-bond donors (Lipinski definition) is 1. The SMILES string of the molecule is O=C(C1Cc2ccccc2O1)N1CCCCC1CO. The molecule has 2 atom stereocenters. The summed E-state index contributed by atoms with van der Waals surface area (Å²) in [6.45, 7) is 0.783. The molecule has 1 fully saturated rings. The van der Waals surface area contributed by atoms with Crippen molar-refractivity contribution in [3.63, 3.8) is 0 Å². The number of benzene rings is 1. The minimum absolute atomic E-state index is 0.0231. The van der Waals surface area contributed by atoms with Crippen LogP contribution < -0.4 is 4.74 Å². The van der Waals surface area contributed by atoms with Crippen molar-refractivity contribution in [1.82, 2.24) is 4.90 Å². The van der Waals surface area contributed by atoms with Crippen molar-refractivity contribution in [3.05, 3.63) is 29.8 Å². The highest BCUT2D eigenvalue weighted by molar-refractivity contribution is 5.83. The Bertz CT molecular complexity index is 449. The summed E-state index contributed by atoms with van der Waals surface area (Å²) in [4.78, 5) is 14.3. The summed E-state index contributed by atoms with van der Waals surface area (Å²) in [5, 5.41) is 9.39. The zero-order valence-corrected chi connectivity index (χ0v) is 10.9. The molecule has 2 aliphatic heterocycles. The Kier molecular flexibility index (Phi) is 3.42. The summed E-state index contributed by atoms with van der Waals surface area (Å²) in [6, 6.07) is 7.76. The number of hydrogen-bond acceptors (Lipinski definition) is 3. The molecule has 0 saturated carbocycles. The van der Waals surface area contributed by atoms with Gasteiger partial charge < -0.3 is 14.7 Å². The lowest BCUT2D eigenvalue weighted by atomic mass is 10.0. The van der Waals surface area contributed by atoms with Gasteiger partial charge in [-0.15, -0.1) is 0 Å². The number of aliphatic hydroxyl groups is 1. The van der Waals surface area contributed by atoms with Crippen molar-refractivity contribution >= 4 is 5.91 Å². The number of carbonyl (C=O) groups excluding carboxylic acids is 1. The second kappa shape index (κ2) is 5.21. The second-order valence-electron chi connectivity index (χ2n) is 5.28. The van der Waals surface area contributed by atoms with E-state index in [4.69, 9.17) is 4.74 Å². The maximum atomic E-state index is 12.5. The molecule has 1 saturated heterocycles. The Hall–Kier alpha value is -1.55. The van der Waals surface area contributed by atoms with Gasteiger partial charge in [0, 0.05) is 13.0 Å². The van der Waals surface area contributed by atoms with E-state index in [1.807, 2.05) is 24.3 Å². The highest BCUT2D eigenvalue weighted by atomic mass is 16.5. The first-order chi connectivity index (χ1) is 9.29. The maximum Gasteiger partial charge on any atom is 0.264 e. The Morgan fingerprint density at radius 2 is 2.21 bits per heavy atom. The van der Waals surface area contributed by atoms with Crippen molar-refractivity contribution in [2.45, 2.75) is 37.8 Å². The van der Waals surface area contributed by atoms with E-state index in [0.717, 1.165) is 37.1 Å².